The molecule has 0 saturated carbocycles. The molecular formula is C16H18N4O4. The summed E-state index contributed by atoms with van der Waals surface area (Å²) in [4.78, 5) is 49.4. The number of hydrogen-bond donors (Lipinski definition) is 3. The number of carbonyl (C=O) groups excluding carboxylic acids is 4. The molecule has 1 saturated heterocycles. The number of benzene rings is 1. The van der Waals surface area contributed by atoms with Crippen LogP contribution in [0, 0.1) is 0 Å². The van der Waals surface area contributed by atoms with Gasteiger partial charge in [-0.2, -0.15) is 0 Å². The maximum absolute atomic E-state index is 12.2. The zero-order chi connectivity index (χ0) is 17.1. The van der Waals surface area contributed by atoms with E-state index in [4.69, 9.17) is 0 Å². The molecular weight excluding hydrogens is 312 g/mol. The predicted molar refractivity (Wildman–Crippen MR) is 85.1 cm³/mol. The number of hydrogen-bond acceptors (Lipinski definition) is 4. The summed E-state index contributed by atoms with van der Waals surface area (Å²) in [6.07, 6.45) is 0.268. The van der Waals surface area contributed by atoms with Gasteiger partial charge in [-0.3, -0.25) is 19.2 Å². The van der Waals surface area contributed by atoms with Crippen LogP contribution in [0.4, 0.5) is 5.69 Å². The van der Waals surface area contributed by atoms with Crippen LogP contribution in [0.5, 0.6) is 0 Å². The molecule has 2 aliphatic heterocycles. The van der Waals surface area contributed by atoms with Gasteiger partial charge < -0.3 is 20.9 Å². The van der Waals surface area contributed by atoms with Gasteiger partial charge >= 0.3 is 0 Å². The Kier molecular flexibility index (Phi) is 4.45. The molecule has 1 aromatic rings. The number of amides is 4. The highest BCUT2D eigenvalue weighted by Crippen LogP contribution is 2.19. The molecule has 2 aliphatic rings. The molecule has 1 aromatic carbocycles. The molecule has 3 N–H and O–H groups in total. The van der Waals surface area contributed by atoms with Crippen LogP contribution >= 0.6 is 0 Å². The number of fused-ring (bicyclic) bond motifs is 1. The van der Waals surface area contributed by atoms with Crippen LogP contribution in [-0.4, -0.2) is 54.2 Å². The molecule has 4 amide bonds. The molecule has 126 valence electrons. The van der Waals surface area contributed by atoms with E-state index in [1.807, 2.05) is 0 Å². The molecule has 0 aliphatic carbocycles. The van der Waals surface area contributed by atoms with Crippen molar-refractivity contribution in [1.82, 2.24) is 15.5 Å². The van der Waals surface area contributed by atoms with Crippen LogP contribution in [0.25, 0.3) is 0 Å². The Morgan fingerprint density at radius 3 is 2.79 bits per heavy atom. The summed E-state index contributed by atoms with van der Waals surface area (Å²) in [6.45, 7) is 0.924. The molecule has 8 heteroatoms. The van der Waals surface area contributed by atoms with Crippen molar-refractivity contribution in [3.05, 3.63) is 29.8 Å². The van der Waals surface area contributed by atoms with Gasteiger partial charge in [0.2, 0.25) is 17.7 Å². The molecule has 0 spiro atoms. The Balaban J connectivity index is 1.61. The summed E-state index contributed by atoms with van der Waals surface area (Å²) in [7, 11) is 0. The fraction of sp³-hybridized carbons (Fsp3) is 0.375. The summed E-state index contributed by atoms with van der Waals surface area (Å²) >= 11 is 0. The minimum absolute atomic E-state index is 0.0352. The van der Waals surface area contributed by atoms with Gasteiger partial charge in [-0.1, -0.05) is 12.1 Å². The van der Waals surface area contributed by atoms with Crippen LogP contribution in [0.2, 0.25) is 0 Å². The first kappa shape index (κ1) is 16.0. The lowest BCUT2D eigenvalue weighted by Gasteiger charge is -2.27. The van der Waals surface area contributed by atoms with E-state index in [-0.39, 0.29) is 43.0 Å². The van der Waals surface area contributed by atoms with Crippen molar-refractivity contribution in [2.45, 2.75) is 18.9 Å². The number of nitrogens with zero attached hydrogens (tertiary/aromatic N) is 1. The van der Waals surface area contributed by atoms with Crippen LogP contribution < -0.4 is 16.0 Å². The number of para-hydroxylation sites is 1. The Hall–Kier alpha value is -2.90. The third kappa shape index (κ3) is 3.37. The first-order chi connectivity index (χ1) is 11.5. The molecule has 1 atom stereocenters. The number of carbonyl (C=O) groups is 4. The number of piperazine rings is 1. The van der Waals surface area contributed by atoms with Crippen LogP contribution in [0.15, 0.2) is 24.3 Å². The molecule has 0 bridgehead atoms. The Morgan fingerprint density at radius 1 is 1.21 bits per heavy atom. The Labute approximate surface area is 138 Å². The zero-order valence-corrected chi connectivity index (χ0v) is 13.0. The minimum Gasteiger partial charge on any atom is -0.353 e. The average molecular weight is 330 g/mol. The van der Waals surface area contributed by atoms with Crippen LogP contribution in [0.3, 0.4) is 0 Å². The SMILES string of the molecule is O=C1CN(C(=O)CC[C@H]2NC(=O)c3ccccc3NC2=O)CCN1. The quantitative estimate of drug-likeness (QED) is 0.693. The van der Waals surface area contributed by atoms with Gasteiger partial charge in [0.05, 0.1) is 17.8 Å². The highest BCUT2D eigenvalue weighted by atomic mass is 16.2. The molecule has 0 radical (unpaired) electrons. The normalized spacial score (nSPS) is 20.4. The summed E-state index contributed by atoms with van der Waals surface area (Å²) < 4.78 is 0. The van der Waals surface area contributed by atoms with Gasteiger partial charge in [-0.05, 0) is 18.6 Å². The number of anilines is 1. The third-order valence-electron chi connectivity index (χ3n) is 4.09. The van der Waals surface area contributed by atoms with Crippen molar-refractivity contribution in [3.8, 4) is 0 Å². The van der Waals surface area contributed by atoms with Gasteiger partial charge in [-0.25, -0.2) is 0 Å². The fourth-order valence-corrected chi connectivity index (χ4v) is 2.79. The maximum atomic E-state index is 12.2. The van der Waals surface area contributed by atoms with Crippen molar-refractivity contribution in [1.29, 1.82) is 0 Å². The second-order valence-electron chi connectivity index (χ2n) is 5.76. The van der Waals surface area contributed by atoms with E-state index in [1.54, 1.807) is 24.3 Å². The number of rotatable bonds is 3. The van der Waals surface area contributed by atoms with Crippen molar-refractivity contribution < 1.29 is 19.2 Å². The average Bonchev–Trinajstić information content (AvgIpc) is 2.69. The molecule has 2 heterocycles. The highest BCUT2D eigenvalue weighted by molar-refractivity contribution is 6.09. The monoisotopic (exact) mass is 330 g/mol. The third-order valence-corrected chi connectivity index (χ3v) is 4.09. The summed E-state index contributed by atoms with van der Waals surface area (Å²) in [5.74, 6) is -1.09. The van der Waals surface area contributed by atoms with Crippen LogP contribution in [0.1, 0.15) is 23.2 Å². The molecule has 0 aromatic heterocycles. The molecule has 1 fully saturated rings. The van der Waals surface area contributed by atoms with E-state index in [0.29, 0.717) is 24.3 Å². The second kappa shape index (κ2) is 6.69. The lowest BCUT2D eigenvalue weighted by Crippen LogP contribution is -2.50. The van der Waals surface area contributed by atoms with E-state index in [1.165, 1.54) is 4.90 Å². The fourth-order valence-electron chi connectivity index (χ4n) is 2.79. The molecule has 24 heavy (non-hydrogen) atoms. The second-order valence-corrected chi connectivity index (χ2v) is 5.76. The van der Waals surface area contributed by atoms with Gasteiger partial charge in [0.1, 0.15) is 6.04 Å². The Morgan fingerprint density at radius 2 is 2.00 bits per heavy atom. The number of nitrogens with one attached hydrogen (secondary N) is 3. The highest BCUT2D eigenvalue weighted by Gasteiger charge is 2.29. The smallest absolute Gasteiger partial charge is 0.254 e. The largest absolute Gasteiger partial charge is 0.353 e. The van der Waals surface area contributed by atoms with Crippen molar-refractivity contribution >= 4 is 29.3 Å². The topological polar surface area (TPSA) is 108 Å². The van der Waals surface area contributed by atoms with Gasteiger partial charge in [-0.15, -0.1) is 0 Å². The lowest BCUT2D eigenvalue weighted by atomic mass is 10.1. The molecule has 3 rings (SSSR count). The van der Waals surface area contributed by atoms with E-state index < -0.39 is 6.04 Å². The van der Waals surface area contributed by atoms with Crippen molar-refractivity contribution in [3.63, 3.8) is 0 Å². The summed E-state index contributed by atoms with van der Waals surface area (Å²) in [6, 6.07) is 5.96. The predicted octanol–water partition coefficient (Wildman–Crippen LogP) is -0.524. The van der Waals surface area contributed by atoms with Crippen molar-refractivity contribution in [2.75, 3.05) is 25.0 Å². The van der Waals surface area contributed by atoms with Gasteiger partial charge in [0.15, 0.2) is 0 Å². The van der Waals surface area contributed by atoms with Gasteiger partial charge in [0.25, 0.3) is 5.91 Å². The zero-order valence-electron chi connectivity index (χ0n) is 13.0. The van der Waals surface area contributed by atoms with E-state index in [0.717, 1.165) is 0 Å². The van der Waals surface area contributed by atoms with E-state index in [2.05, 4.69) is 16.0 Å². The maximum Gasteiger partial charge on any atom is 0.254 e. The minimum atomic E-state index is -0.785. The summed E-state index contributed by atoms with van der Waals surface area (Å²) in [5, 5.41) is 8.00. The first-order valence-corrected chi connectivity index (χ1v) is 7.80. The standard InChI is InChI=1S/C16H18N4O4/c21-13-9-20(8-7-17-13)14(22)6-5-12-16(24)18-11-4-2-1-3-10(11)15(23)19-12/h1-4,12H,5-9H2,(H,17,21)(H,18,24)(H,19,23)/t12-/m1/s1. The van der Waals surface area contributed by atoms with Crippen molar-refractivity contribution in [2.24, 2.45) is 0 Å². The summed E-state index contributed by atoms with van der Waals surface area (Å²) in [5.41, 5.74) is 0.855. The van der Waals surface area contributed by atoms with Crippen LogP contribution in [-0.2, 0) is 14.4 Å². The van der Waals surface area contributed by atoms with Gasteiger partial charge in [0, 0.05) is 19.5 Å². The molecule has 0 unspecified atom stereocenters. The molecule has 8 nitrogen and oxygen atoms in total. The van der Waals surface area contributed by atoms with E-state index in [9.17, 15) is 19.2 Å². The Bertz CT molecular complexity index is 703. The van der Waals surface area contributed by atoms with E-state index >= 15 is 0 Å². The first-order valence-electron chi connectivity index (χ1n) is 7.80. The lowest BCUT2D eigenvalue weighted by molar-refractivity contribution is -0.138.